The average molecular weight is 575 g/mol. The van der Waals surface area contributed by atoms with Gasteiger partial charge in [0.05, 0.1) is 11.4 Å². The van der Waals surface area contributed by atoms with Crippen molar-refractivity contribution in [2.75, 3.05) is 0 Å². The number of pyridine rings is 1. The number of para-hydroxylation sites is 1. The molecule has 0 fully saturated rings. The summed E-state index contributed by atoms with van der Waals surface area (Å²) in [5, 5.41) is 13.0. The van der Waals surface area contributed by atoms with Crippen molar-refractivity contribution in [3.63, 3.8) is 0 Å². The fourth-order valence-electron chi connectivity index (χ4n) is 3.50. The molecule has 0 atom stereocenters. The molecule has 3 heterocycles. The van der Waals surface area contributed by atoms with Gasteiger partial charge >= 0.3 is 0 Å². The zero-order valence-electron chi connectivity index (χ0n) is 16.5. The predicted molar refractivity (Wildman–Crippen MR) is 116 cm³/mol. The molecule has 30 heavy (non-hydrogen) atoms. The number of allylic oxidation sites excluding steroid dienone is 2. The predicted octanol–water partition coefficient (Wildman–Crippen LogP) is 5.32. The van der Waals surface area contributed by atoms with Gasteiger partial charge in [-0.15, -0.1) is 0 Å². The molecule has 153 valence electrons. The topological polar surface area (TPSA) is 69.2 Å². The Hall–Kier alpha value is -3.21. The SMILES string of the molecule is CC(=O)/C=C(/C)O.[Ir].c1ccc2c(-n3c4ccccc4c4cccnc43)[n-]cc2c1. The van der Waals surface area contributed by atoms with E-state index in [0.29, 0.717) is 0 Å². The van der Waals surface area contributed by atoms with E-state index in [0.717, 1.165) is 33.1 Å². The summed E-state index contributed by atoms with van der Waals surface area (Å²) >= 11 is 0. The minimum absolute atomic E-state index is 0. The zero-order valence-corrected chi connectivity index (χ0v) is 18.9. The van der Waals surface area contributed by atoms with Gasteiger partial charge in [-0.25, -0.2) is 0 Å². The summed E-state index contributed by atoms with van der Waals surface area (Å²) in [5.74, 6) is 0.882. The van der Waals surface area contributed by atoms with Crippen LogP contribution in [0.5, 0.6) is 0 Å². The van der Waals surface area contributed by atoms with E-state index in [2.05, 4.69) is 63.1 Å². The molecule has 0 unspecified atom stereocenters. The second-order valence-corrected chi connectivity index (χ2v) is 6.79. The van der Waals surface area contributed by atoms with Crippen LogP contribution in [-0.2, 0) is 24.9 Å². The van der Waals surface area contributed by atoms with Gasteiger partial charge in [0.2, 0.25) is 0 Å². The largest absolute Gasteiger partial charge is 0.512 e. The summed E-state index contributed by atoms with van der Waals surface area (Å²) < 4.78 is 2.16. The Balaban J connectivity index is 0.000000281. The van der Waals surface area contributed by atoms with Gasteiger partial charge in [0.15, 0.2) is 5.78 Å². The summed E-state index contributed by atoms with van der Waals surface area (Å²) in [6.45, 7) is 2.85. The van der Waals surface area contributed by atoms with Gasteiger partial charge in [0.25, 0.3) is 0 Å². The van der Waals surface area contributed by atoms with Crippen molar-refractivity contribution in [3.05, 3.63) is 84.9 Å². The van der Waals surface area contributed by atoms with Gasteiger partial charge < -0.3 is 14.7 Å². The van der Waals surface area contributed by atoms with E-state index in [1.165, 1.54) is 25.3 Å². The normalized spacial score (nSPS) is 11.2. The summed E-state index contributed by atoms with van der Waals surface area (Å²) in [7, 11) is 0. The minimum atomic E-state index is -0.125. The summed E-state index contributed by atoms with van der Waals surface area (Å²) in [6.07, 6.45) is 4.93. The van der Waals surface area contributed by atoms with Crippen LogP contribution >= 0.6 is 0 Å². The molecule has 0 amide bonds. The number of hydrogen-bond donors (Lipinski definition) is 1. The van der Waals surface area contributed by atoms with Crippen LogP contribution in [-0.4, -0.2) is 20.4 Å². The fourth-order valence-corrected chi connectivity index (χ4v) is 3.50. The number of carbonyl (C=O) groups excluding carboxylic acids is 1. The fraction of sp³-hybridized carbons (Fsp3) is 0.0833. The third-order valence-corrected chi connectivity index (χ3v) is 4.59. The average Bonchev–Trinajstić information content (AvgIpc) is 3.26. The first-order valence-corrected chi connectivity index (χ1v) is 9.29. The molecule has 5 nitrogen and oxygen atoms in total. The first-order valence-electron chi connectivity index (χ1n) is 9.29. The van der Waals surface area contributed by atoms with Crippen LogP contribution in [0.1, 0.15) is 13.8 Å². The van der Waals surface area contributed by atoms with E-state index < -0.39 is 0 Å². The quantitative estimate of drug-likeness (QED) is 0.229. The van der Waals surface area contributed by atoms with Crippen molar-refractivity contribution >= 4 is 38.5 Å². The third-order valence-electron chi connectivity index (χ3n) is 4.59. The van der Waals surface area contributed by atoms with Crippen molar-refractivity contribution in [1.82, 2.24) is 14.5 Å². The van der Waals surface area contributed by atoms with E-state index in [9.17, 15) is 4.79 Å². The molecule has 5 aromatic rings. The number of aromatic nitrogens is 3. The molecule has 5 rings (SSSR count). The Bertz CT molecular complexity index is 1310. The molecule has 0 aliphatic carbocycles. The maximum absolute atomic E-state index is 10.0. The van der Waals surface area contributed by atoms with Crippen LogP contribution < -0.4 is 4.98 Å². The van der Waals surface area contributed by atoms with Crippen LogP contribution in [0, 0.1) is 0 Å². The molecule has 0 saturated heterocycles. The number of rotatable bonds is 2. The molecule has 2 aromatic carbocycles. The van der Waals surface area contributed by atoms with Crippen LogP contribution in [0.25, 0.3) is 38.5 Å². The van der Waals surface area contributed by atoms with E-state index in [1.807, 2.05) is 24.5 Å². The number of fused-ring (bicyclic) bond motifs is 4. The summed E-state index contributed by atoms with van der Waals surface area (Å²) in [4.78, 5) is 19.3. The molecule has 0 spiro atoms. The van der Waals surface area contributed by atoms with Gasteiger partial charge in [-0.3, -0.25) is 9.78 Å². The Kier molecular flexibility index (Phi) is 6.50. The molecule has 0 saturated carbocycles. The number of hydrogen-bond acceptors (Lipinski definition) is 3. The van der Waals surface area contributed by atoms with Gasteiger partial charge in [-0.05, 0) is 47.4 Å². The van der Waals surface area contributed by atoms with Crippen LogP contribution in [0.4, 0.5) is 0 Å². The van der Waals surface area contributed by atoms with Gasteiger partial charge in [0.1, 0.15) is 0 Å². The molecular weight excluding hydrogens is 555 g/mol. The first kappa shape index (κ1) is 21.5. The second-order valence-electron chi connectivity index (χ2n) is 6.79. The van der Waals surface area contributed by atoms with E-state index in [4.69, 9.17) is 5.11 Å². The van der Waals surface area contributed by atoms with Crippen molar-refractivity contribution < 1.29 is 30.0 Å². The maximum Gasteiger partial charge on any atom is 0.155 e. The Morgan fingerprint density at radius 2 is 1.63 bits per heavy atom. The summed E-state index contributed by atoms with van der Waals surface area (Å²) in [5.41, 5.74) is 2.09. The molecule has 0 aliphatic heterocycles. The minimum Gasteiger partial charge on any atom is -0.512 e. The molecule has 0 aliphatic rings. The zero-order chi connectivity index (χ0) is 20.4. The second kappa shape index (κ2) is 9.07. The Morgan fingerprint density at radius 3 is 2.33 bits per heavy atom. The Morgan fingerprint density at radius 1 is 0.967 bits per heavy atom. The number of ketones is 1. The summed E-state index contributed by atoms with van der Waals surface area (Å²) in [6, 6.07) is 20.8. The maximum atomic E-state index is 10.0. The van der Waals surface area contributed by atoms with Crippen molar-refractivity contribution in [2.45, 2.75) is 13.8 Å². The van der Waals surface area contributed by atoms with E-state index >= 15 is 0 Å². The smallest absolute Gasteiger partial charge is 0.155 e. The molecule has 0 bridgehead atoms. The monoisotopic (exact) mass is 575 g/mol. The molecule has 3 aromatic heterocycles. The Labute approximate surface area is 187 Å². The standard InChI is InChI=1S/C19H12N3.C5H8O2.Ir/c1-2-7-14-13(6-1)12-21-18(14)22-17-10-4-3-8-15(17)16-9-5-11-20-19(16)22;1-4(6)3-5(2)7;/h1-12H;3,6H,1-2H3;/q-1;;/b;4-3-;. The number of nitrogens with zero attached hydrogens (tertiary/aromatic N) is 3. The molecule has 1 radical (unpaired) electrons. The van der Waals surface area contributed by atoms with Crippen LogP contribution in [0.2, 0.25) is 0 Å². The van der Waals surface area contributed by atoms with E-state index in [1.54, 1.807) is 0 Å². The number of carbonyl (C=O) groups is 1. The van der Waals surface area contributed by atoms with Crippen molar-refractivity contribution in [1.29, 1.82) is 0 Å². The van der Waals surface area contributed by atoms with Crippen LogP contribution in [0.15, 0.2) is 84.9 Å². The number of aliphatic hydroxyl groups is 1. The number of aliphatic hydroxyl groups excluding tert-OH is 1. The molecular formula is C24H20IrN3O2-. The van der Waals surface area contributed by atoms with Crippen molar-refractivity contribution in [3.8, 4) is 5.82 Å². The van der Waals surface area contributed by atoms with Gasteiger partial charge in [0, 0.05) is 37.8 Å². The van der Waals surface area contributed by atoms with E-state index in [-0.39, 0.29) is 31.6 Å². The first-order chi connectivity index (χ1) is 14.1. The van der Waals surface area contributed by atoms with Gasteiger partial charge in [-0.1, -0.05) is 60.8 Å². The van der Waals surface area contributed by atoms with Crippen LogP contribution in [0.3, 0.4) is 0 Å². The number of benzene rings is 2. The molecule has 6 heteroatoms. The van der Waals surface area contributed by atoms with Gasteiger partial charge in [-0.2, -0.15) is 0 Å². The molecule has 1 N–H and O–H groups in total. The third kappa shape index (κ3) is 4.06. The van der Waals surface area contributed by atoms with Crippen molar-refractivity contribution in [2.24, 2.45) is 0 Å².